The number of halogens is 3. The number of nitrogens with two attached hydrogens (primary N) is 1. The summed E-state index contributed by atoms with van der Waals surface area (Å²) >= 11 is 0. The van der Waals surface area contributed by atoms with Gasteiger partial charge in [0.1, 0.15) is 11.6 Å². The van der Waals surface area contributed by atoms with E-state index in [1.54, 1.807) is 18.3 Å². The number of nitrogens with one attached hydrogen (secondary N) is 1. The first-order valence-corrected chi connectivity index (χ1v) is 10.2. The minimum Gasteiger partial charge on any atom is -0.478 e. The van der Waals surface area contributed by atoms with Crippen molar-refractivity contribution in [1.82, 2.24) is 19.9 Å². The lowest BCUT2D eigenvalue weighted by molar-refractivity contribution is -0.137. The molecule has 1 aliphatic heterocycles. The van der Waals surface area contributed by atoms with Crippen LogP contribution < -0.4 is 20.7 Å². The van der Waals surface area contributed by atoms with Gasteiger partial charge in [-0.1, -0.05) is 0 Å². The second kappa shape index (κ2) is 9.45. The maximum Gasteiger partial charge on any atom is 0.417 e. The van der Waals surface area contributed by atoms with Crippen molar-refractivity contribution < 1.29 is 22.6 Å². The second-order valence-corrected chi connectivity index (χ2v) is 7.13. The Kier molecular flexibility index (Phi) is 6.45. The van der Waals surface area contributed by atoms with E-state index in [1.807, 2.05) is 11.8 Å². The highest BCUT2D eigenvalue weighted by molar-refractivity contribution is 5.71. The molecule has 0 aliphatic carbocycles. The second-order valence-electron chi connectivity index (χ2n) is 7.13. The van der Waals surface area contributed by atoms with E-state index in [4.69, 9.17) is 15.2 Å². The van der Waals surface area contributed by atoms with Gasteiger partial charge in [0.2, 0.25) is 11.8 Å². The molecule has 4 heterocycles. The summed E-state index contributed by atoms with van der Waals surface area (Å²) in [7, 11) is 0. The summed E-state index contributed by atoms with van der Waals surface area (Å²) in [5.41, 5.74) is 5.08. The fraction of sp³-hybridized carbons (Fsp3) is 0.333. The Balaban J connectivity index is 1.79. The molecule has 174 valence electrons. The van der Waals surface area contributed by atoms with Crippen LogP contribution in [0.3, 0.4) is 0 Å². The van der Waals surface area contributed by atoms with E-state index >= 15 is 0 Å². The Bertz CT molecular complexity index is 1120. The minimum absolute atomic E-state index is 0.0629. The van der Waals surface area contributed by atoms with E-state index < -0.39 is 11.7 Å². The molecule has 0 saturated carbocycles. The molecule has 3 N–H and O–H groups in total. The van der Waals surface area contributed by atoms with Crippen LogP contribution in [0, 0.1) is 0 Å². The fourth-order valence-electron chi connectivity index (χ4n) is 3.31. The quantitative estimate of drug-likeness (QED) is 0.570. The molecular formula is C21H22F3N7O2. The number of nitrogen functional groups attached to an aromatic ring is 1. The van der Waals surface area contributed by atoms with Crippen LogP contribution in [0.25, 0.3) is 11.3 Å². The summed E-state index contributed by atoms with van der Waals surface area (Å²) in [6.45, 7) is 4.24. The minimum atomic E-state index is -4.64. The van der Waals surface area contributed by atoms with Crippen molar-refractivity contribution in [3.63, 3.8) is 0 Å². The van der Waals surface area contributed by atoms with Gasteiger partial charge in [0, 0.05) is 48.9 Å². The van der Waals surface area contributed by atoms with Gasteiger partial charge in [0.15, 0.2) is 0 Å². The van der Waals surface area contributed by atoms with Crippen molar-refractivity contribution >= 4 is 23.3 Å². The average Bonchev–Trinajstić information content (AvgIpc) is 2.79. The molecule has 0 amide bonds. The number of nitrogens with zero attached hydrogens (tertiary/aromatic N) is 5. The molecule has 0 unspecified atom stereocenters. The van der Waals surface area contributed by atoms with Crippen molar-refractivity contribution in [2.75, 3.05) is 48.9 Å². The molecule has 0 atom stereocenters. The number of hydrogen-bond acceptors (Lipinski definition) is 9. The third-order valence-corrected chi connectivity index (χ3v) is 4.81. The molecule has 0 radical (unpaired) electrons. The largest absolute Gasteiger partial charge is 0.478 e. The zero-order chi connectivity index (χ0) is 23.4. The summed E-state index contributed by atoms with van der Waals surface area (Å²) < 4.78 is 52.0. The third-order valence-electron chi connectivity index (χ3n) is 4.81. The predicted octanol–water partition coefficient (Wildman–Crippen LogP) is 3.51. The van der Waals surface area contributed by atoms with Gasteiger partial charge in [0.05, 0.1) is 31.1 Å². The van der Waals surface area contributed by atoms with E-state index in [2.05, 4.69) is 25.3 Å². The molecule has 9 nitrogen and oxygen atoms in total. The number of aromatic nitrogens is 4. The van der Waals surface area contributed by atoms with Crippen LogP contribution in [0.1, 0.15) is 12.5 Å². The van der Waals surface area contributed by atoms with Crippen molar-refractivity contribution in [3.8, 4) is 17.1 Å². The third kappa shape index (κ3) is 5.40. The van der Waals surface area contributed by atoms with Crippen molar-refractivity contribution in [2.45, 2.75) is 13.1 Å². The molecule has 1 saturated heterocycles. The van der Waals surface area contributed by atoms with Crippen LogP contribution in [0.2, 0.25) is 0 Å². The number of alkyl halides is 3. The first-order valence-electron chi connectivity index (χ1n) is 10.2. The Morgan fingerprint density at radius 3 is 2.67 bits per heavy atom. The molecule has 1 aliphatic rings. The lowest BCUT2D eigenvalue weighted by Gasteiger charge is -2.27. The van der Waals surface area contributed by atoms with Gasteiger partial charge >= 0.3 is 6.18 Å². The molecule has 0 aromatic carbocycles. The Morgan fingerprint density at radius 2 is 1.94 bits per heavy atom. The number of hydrogen-bond donors (Lipinski definition) is 2. The van der Waals surface area contributed by atoms with Gasteiger partial charge in [-0.05, 0) is 19.1 Å². The van der Waals surface area contributed by atoms with Crippen LogP contribution in [-0.2, 0) is 10.9 Å². The molecule has 0 spiro atoms. The highest BCUT2D eigenvalue weighted by Gasteiger charge is 2.35. The molecule has 3 aromatic rings. The summed E-state index contributed by atoms with van der Waals surface area (Å²) in [4.78, 5) is 18.8. The summed E-state index contributed by atoms with van der Waals surface area (Å²) in [6, 6.07) is 5.61. The number of anilines is 4. The summed E-state index contributed by atoms with van der Waals surface area (Å²) in [5, 5.41) is 3.11. The first kappa shape index (κ1) is 22.5. The van der Waals surface area contributed by atoms with Crippen LogP contribution in [0.15, 0.2) is 36.7 Å². The van der Waals surface area contributed by atoms with Crippen molar-refractivity contribution in [1.29, 1.82) is 0 Å². The Labute approximate surface area is 187 Å². The normalized spacial score (nSPS) is 14.2. The zero-order valence-corrected chi connectivity index (χ0v) is 17.8. The zero-order valence-electron chi connectivity index (χ0n) is 17.8. The molecule has 12 heteroatoms. The lowest BCUT2D eigenvalue weighted by atomic mass is 10.1. The van der Waals surface area contributed by atoms with E-state index in [-0.39, 0.29) is 23.0 Å². The lowest BCUT2D eigenvalue weighted by Crippen LogP contribution is -2.37. The number of ether oxygens (including phenoxy) is 2. The smallest absolute Gasteiger partial charge is 0.417 e. The monoisotopic (exact) mass is 461 g/mol. The van der Waals surface area contributed by atoms with E-state index in [0.29, 0.717) is 50.3 Å². The standard InChI is InChI=1S/C21H22F3N7O2/c1-2-33-19-9-13(3-4-26-19)28-18-11-16(29-20(30-18)31-5-7-32-8-6-31)14-12-27-17(25)10-15(14)21(22,23)24/h3-4,9-12H,2,5-8H2,1H3,(H2,25,27)(H,26,28,29,30). The summed E-state index contributed by atoms with van der Waals surface area (Å²) in [5.74, 6) is 0.766. The highest BCUT2D eigenvalue weighted by atomic mass is 19.4. The van der Waals surface area contributed by atoms with E-state index in [0.717, 1.165) is 12.3 Å². The first-order chi connectivity index (χ1) is 15.8. The van der Waals surface area contributed by atoms with Crippen LogP contribution in [0.4, 0.5) is 36.4 Å². The number of rotatable bonds is 6. The fourth-order valence-corrected chi connectivity index (χ4v) is 3.31. The number of pyridine rings is 2. The van der Waals surface area contributed by atoms with Gasteiger partial charge in [-0.15, -0.1) is 0 Å². The van der Waals surface area contributed by atoms with Gasteiger partial charge < -0.3 is 25.4 Å². The summed E-state index contributed by atoms with van der Waals surface area (Å²) in [6.07, 6.45) is -2.00. The van der Waals surface area contributed by atoms with E-state index in [1.165, 1.54) is 6.07 Å². The van der Waals surface area contributed by atoms with Crippen LogP contribution in [0.5, 0.6) is 5.88 Å². The number of morpholine rings is 1. The molecule has 4 rings (SSSR count). The Hall–Kier alpha value is -3.67. The van der Waals surface area contributed by atoms with Crippen LogP contribution in [-0.4, -0.2) is 52.8 Å². The molecule has 1 fully saturated rings. The molecule has 0 bridgehead atoms. The SMILES string of the molecule is CCOc1cc(Nc2cc(-c3cnc(N)cc3C(F)(F)F)nc(N3CCOCC3)n2)ccn1. The topological polar surface area (TPSA) is 111 Å². The maximum absolute atomic E-state index is 13.7. The predicted molar refractivity (Wildman–Crippen MR) is 116 cm³/mol. The van der Waals surface area contributed by atoms with Gasteiger partial charge in [0.25, 0.3) is 0 Å². The van der Waals surface area contributed by atoms with E-state index in [9.17, 15) is 13.2 Å². The van der Waals surface area contributed by atoms with Crippen LogP contribution >= 0.6 is 0 Å². The maximum atomic E-state index is 13.7. The van der Waals surface area contributed by atoms with Crippen molar-refractivity contribution in [2.24, 2.45) is 0 Å². The molecule has 33 heavy (non-hydrogen) atoms. The van der Waals surface area contributed by atoms with Gasteiger partial charge in [-0.3, -0.25) is 0 Å². The Morgan fingerprint density at radius 1 is 1.15 bits per heavy atom. The average molecular weight is 461 g/mol. The highest BCUT2D eigenvalue weighted by Crippen LogP contribution is 2.38. The molecular weight excluding hydrogens is 439 g/mol. The van der Waals surface area contributed by atoms with Gasteiger partial charge in [-0.2, -0.15) is 18.2 Å². The molecule has 3 aromatic heterocycles. The van der Waals surface area contributed by atoms with Crippen molar-refractivity contribution in [3.05, 3.63) is 42.2 Å². The van der Waals surface area contributed by atoms with Gasteiger partial charge in [-0.25, -0.2) is 15.0 Å².